The molecule has 1 amide bonds. The molecule has 1 saturated heterocycles. The number of sulfone groups is 1. The van der Waals surface area contributed by atoms with Crippen LogP contribution in [-0.4, -0.2) is 32.3 Å². The maximum Gasteiger partial charge on any atom is 0.267 e. The lowest BCUT2D eigenvalue weighted by Gasteiger charge is -2.32. The maximum atomic E-state index is 14.0. The van der Waals surface area contributed by atoms with Crippen LogP contribution in [0.25, 0.3) is 0 Å². The van der Waals surface area contributed by atoms with Crippen LogP contribution in [0.1, 0.15) is 24.8 Å². The number of anilines is 2. The van der Waals surface area contributed by atoms with Gasteiger partial charge in [-0.3, -0.25) is 4.79 Å². The van der Waals surface area contributed by atoms with Crippen molar-refractivity contribution < 1.29 is 17.6 Å². The molecule has 8 heteroatoms. The molecule has 2 aliphatic heterocycles. The molecule has 0 radical (unpaired) electrons. The van der Waals surface area contributed by atoms with E-state index in [-0.39, 0.29) is 15.5 Å². The van der Waals surface area contributed by atoms with Crippen molar-refractivity contribution in [1.29, 1.82) is 0 Å². The van der Waals surface area contributed by atoms with Crippen LogP contribution in [0.15, 0.2) is 56.9 Å². The normalized spacial score (nSPS) is 18.2. The van der Waals surface area contributed by atoms with Crippen LogP contribution in [-0.2, 0) is 14.6 Å². The molecular formula is C21H20BrFN2O3S. The zero-order valence-electron chi connectivity index (χ0n) is 15.9. The number of fused-ring (bicyclic) bond motifs is 1. The largest absolute Gasteiger partial charge is 0.338 e. The lowest BCUT2D eigenvalue weighted by atomic mass is 10.1. The number of rotatable bonds is 2. The average Bonchev–Trinajstić information content (AvgIpc) is 2.70. The Morgan fingerprint density at radius 3 is 2.48 bits per heavy atom. The minimum Gasteiger partial charge on any atom is -0.338 e. The number of carbonyl (C=O) groups excluding carboxylic acids is 1. The lowest BCUT2D eigenvalue weighted by Crippen LogP contribution is -2.39. The van der Waals surface area contributed by atoms with E-state index in [1.807, 2.05) is 19.1 Å². The Labute approximate surface area is 177 Å². The number of amides is 1. The Morgan fingerprint density at radius 1 is 1.07 bits per heavy atom. The second kappa shape index (κ2) is 7.57. The number of carbonyl (C=O) groups is 1. The number of nitrogens with zero attached hydrogens (tertiary/aromatic N) is 2. The van der Waals surface area contributed by atoms with Gasteiger partial charge in [-0.05, 0) is 68.1 Å². The average molecular weight is 479 g/mol. The van der Waals surface area contributed by atoms with Gasteiger partial charge in [0.2, 0.25) is 9.84 Å². The van der Waals surface area contributed by atoms with E-state index in [9.17, 15) is 17.6 Å². The molecule has 5 nitrogen and oxygen atoms in total. The van der Waals surface area contributed by atoms with Gasteiger partial charge in [0.25, 0.3) is 5.91 Å². The first-order valence-corrected chi connectivity index (χ1v) is 11.7. The van der Waals surface area contributed by atoms with E-state index in [1.54, 1.807) is 15.9 Å². The molecule has 152 valence electrons. The fourth-order valence-electron chi connectivity index (χ4n) is 3.70. The van der Waals surface area contributed by atoms with Crippen LogP contribution in [0.5, 0.6) is 0 Å². The monoisotopic (exact) mass is 478 g/mol. The first-order chi connectivity index (χ1) is 13.8. The smallest absolute Gasteiger partial charge is 0.267 e. The van der Waals surface area contributed by atoms with Gasteiger partial charge in [-0.15, -0.1) is 0 Å². The number of hydrogen-bond donors (Lipinski definition) is 0. The van der Waals surface area contributed by atoms with Crippen molar-refractivity contribution in [2.24, 2.45) is 0 Å². The maximum absolute atomic E-state index is 14.0. The number of aryl methyl sites for hydroxylation is 1. The van der Waals surface area contributed by atoms with Crippen molar-refractivity contribution in [3.63, 3.8) is 0 Å². The summed E-state index contributed by atoms with van der Waals surface area (Å²) in [7, 11) is -4.06. The summed E-state index contributed by atoms with van der Waals surface area (Å²) in [6.07, 6.45) is 4.08. The Hall–Kier alpha value is -2.19. The quantitative estimate of drug-likeness (QED) is 0.588. The van der Waals surface area contributed by atoms with Gasteiger partial charge in [0, 0.05) is 29.4 Å². The van der Waals surface area contributed by atoms with E-state index in [1.165, 1.54) is 18.3 Å². The Balaban J connectivity index is 1.89. The van der Waals surface area contributed by atoms with Gasteiger partial charge in [-0.1, -0.05) is 15.9 Å². The molecule has 1 fully saturated rings. The van der Waals surface area contributed by atoms with Gasteiger partial charge < -0.3 is 9.80 Å². The predicted molar refractivity (Wildman–Crippen MR) is 113 cm³/mol. The van der Waals surface area contributed by atoms with Gasteiger partial charge in [-0.25, -0.2) is 12.8 Å². The molecule has 2 aromatic carbocycles. The summed E-state index contributed by atoms with van der Waals surface area (Å²) < 4.78 is 41.4. The first-order valence-electron chi connectivity index (χ1n) is 9.40. The zero-order valence-corrected chi connectivity index (χ0v) is 18.3. The van der Waals surface area contributed by atoms with Gasteiger partial charge >= 0.3 is 0 Å². The lowest BCUT2D eigenvalue weighted by molar-refractivity contribution is -0.127. The number of halogens is 2. The molecule has 0 N–H and O–H groups in total. The van der Waals surface area contributed by atoms with E-state index in [2.05, 4.69) is 15.9 Å². The molecule has 0 atom stereocenters. The summed E-state index contributed by atoms with van der Waals surface area (Å²) in [6.45, 7) is 2.99. The number of hydrogen-bond acceptors (Lipinski definition) is 4. The van der Waals surface area contributed by atoms with Crippen molar-refractivity contribution in [2.75, 3.05) is 18.0 Å². The minimum atomic E-state index is -4.06. The fourth-order valence-corrected chi connectivity index (χ4v) is 5.46. The molecule has 0 saturated carbocycles. The summed E-state index contributed by atoms with van der Waals surface area (Å²) in [5.41, 5.74) is 1.78. The third kappa shape index (κ3) is 3.59. The van der Waals surface area contributed by atoms with Crippen LogP contribution in [0.3, 0.4) is 0 Å². The number of benzene rings is 2. The van der Waals surface area contributed by atoms with E-state index in [0.717, 1.165) is 35.4 Å². The summed E-state index contributed by atoms with van der Waals surface area (Å²) in [5, 5.41) is 0. The fraction of sp³-hybridized carbons (Fsp3) is 0.286. The van der Waals surface area contributed by atoms with Crippen molar-refractivity contribution in [2.45, 2.75) is 31.1 Å². The van der Waals surface area contributed by atoms with Crippen LogP contribution < -0.4 is 4.90 Å². The minimum absolute atomic E-state index is 0.0673. The second-order valence-corrected chi connectivity index (χ2v) is 10.0. The van der Waals surface area contributed by atoms with Crippen LogP contribution in [0.2, 0.25) is 0 Å². The molecule has 2 aromatic rings. The van der Waals surface area contributed by atoms with E-state index in [4.69, 9.17) is 0 Å². The highest BCUT2D eigenvalue weighted by atomic mass is 79.9. The molecule has 0 bridgehead atoms. The van der Waals surface area contributed by atoms with E-state index in [0.29, 0.717) is 18.8 Å². The molecule has 0 aromatic heterocycles. The SMILES string of the molecule is Cc1cc(N2C=C(C(=O)N3CCCCC3)S(=O)(=O)c3ccc(F)cc32)ccc1Br. The van der Waals surface area contributed by atoms with Crippen LogP contribution in [0.4, 0.5) is 15.8 Å². The second-order valence-electron chi connectivity index (χ2n) is 7.27. The highest BCUT2D eigenvalue weighted by molar-refractivity contribution is 9.10. The van der Waals surface area contributed by atoms with Gasteiger partial charge in [0.15, 0.2) is 4.91 Å². The summed E-state index contributed by atoms with van der Waals surface area (Å²) in [5.74, 6) is -1.05. The molecule has 0 unspecified atom stereocenters. The van der Waals surface area contributed by atoms with Crippen molar-refractivity contribution >= 4 is 43.0 Å². The summed E-state index contributed by atoms with van der Waals surface area (Å²) in [4.78, 5) is 15.9. The first kappa shape index (κ1) is 20.1. The van der Waals surface area contributed by atoms with Gasteiger partial charge in [0.1, 0.15) is 5.82 Å². The molecule has 2 aliphatic rings. The highest BCUT2D eigenvalue weighted by Crippen LogP contribution is 2.41. The zero-order chi connectivity index (χ0) is 20.8. The van der Waals surface area contributed by atoms with Crippen molar-refractivity contribution in [3.05, 3.63) is 63.4 Å². The predicted octanol–water partition coefficient (Wildman–Crippen LogP) is 4.68. The molecular weight excluding hydrogens is 459 g/mol. The van der Waals surface area contributed by atoms with Crippen molar-refractivity contribution in [3.8, 4) is 0 Å². The number of piperidine rings is 1. The number of likely N-dealkylation sites (tertiary alicyclic amines) is 1. The molecule has 29 heavy (non-hydrogen) atoms. The van der Waals surface area contributed by atoms with Gasteiger partial charge in [0.05, 0.1) is 10.6 Å². The Kier molecular flexibility index (Phi) is 5.25. The topological polar surface area (TPSA) is 57.7 Å². The van der Waals surface area contributed by atoms with Crippen LogP contribution in [0, 0.1) is 12.7 Å². The molecule has 2 heterocycles. The standard InChI is InChI=1S/C21H20BrFN2O3S/c1-14-11-16(6-7-17(14)22)25-13-20(21(26)24-9-3-2-4-10-24)29(27,28)19-8-5-15(23)12-18(19)25/h5-8,11-13H,2-4,9-10H2,1H3. The highest BCUT2D eigenvalue weighted by Gasteiger charge is 2.38. The molecule has 4 rings (SSSR count). The molecule has 0 aliphatic carbocycles. The summed E-state index contributed by atoms with van der Waals surface area (Å²) in [6, 6.07) is 9.01. The summed E-state index contributed by atoms with van der Waals surface area (Å²) >= 11 is 3.45. The third-order valence-corrected chi connectivity index (χ3v) is 7.95. The van der Waals surface area contributed by atoms with E-state index >= 15 is 0 Å². The van der Waals surface area contributed by atoms with Gasteiger partial charge in [-0.2, -0.15) is 0 Å². The Morgan fingerprint density at radius 2 is 1.79 bits per heavy atom. The molecule has 0 spiro atoms. The Bertz CT molecular complexity index is 1120. The van der Waals surface area contributed by atoms with E-state index < -0.39 is 21.6 Å². The third-order valence-electron chi connectivity index (χ3n) is 5.28. The van der Waals surface area contributed by atoms with Crippen molar-refractivity contribution in [1.82, 2.24) is 4.90 Å². The van der Waals surface area contributed by atoms with Crippen LogP contribution >= 0.6 is 15.9 Å².